The van der Waals surface area contributed by atoms with E-state index in [9.17, 15) is 0 Å². The van der Waals surface area contributed by atoms with E-state index in [-0.39, 0.29) is 5.92 Å². The summed E-state index contributed by atoms with van der Waals surface area (Å²) in [5.74, 6) is 2.31. The number of nitrogens with two attached hydrogens (primary N) is 1. The smallest absolute Gasteiger partial charge is 0.219 e. The zero-order chi connectivity index (χ0) is 13.0. The highest BCUT2D eigenvalue weighted by molar-refractivity contribution is 5.41. The predicted octanol–water partition coefficient (Wildman–Crippen LogP) is 2.40. The zero-order valence-corrected chi connectivity index (χ0v) is 10.6. The molecule has 0 spiro atoms. The van der Waals surface area contributed by atoms with E-state index in [4.69, 9.17) is 14.9 Å². The summed E-state index contributed by atoms with van der Waals surface area (Å²) >= 11 is 0. The van der Waals surface area contributed by atoms with Crippen LogP contribution < -0.4 is 10.5 Å². The molecule has 0 unspecified atom stereocenters. The lowest BCUT2D eigenvalue weighted by molar-refractivity contribution is 0.302. The van der Waals surface area contributed by atoms with Crippen molar-refractivity contribution in [1.82, 2.24) is 10.2 Å². The molecule has 0 aliphatic carbocycles. The van der Waals surface area contributed by atoms with E-state index in [2.05, 4.69) is 10.2 Å². The van der Waals surface area contributed by atoms with Crippen LogP contribution in [-0.4, -0.2) is 16.8 Å². The molecule has 2 aromatic rings. The number of hydrogen-bond donors (Lipinski definition) is 1. The summed E-state index contributed by atoms with van der Waals surface area (Å²) in [6.45, 7) is 4.54. The summed E-state index contributed by atoms with van der Waals surface area (Å²) in [5.41, 5.74) is 6.31. The van der Waals surface area contributed by atoms with Crippen LogP contribution in [0.25, 0.3) is 0 Å². The first kappa shape index (κ1) is 12.4. The molecular formula is C13H17N3O2. The van der Waals surface area contributed by atoms with Crippen LogP contribution in [0.1, 0.15) is 31.5 Å². The third kappa shape index (κ3) is 3.23. The summed E-state index contributed by atoms with van der Waals surface area (Å²) in [5, 5.41) is 7.93. The molecule has 0 amide bonds. The largest absolute Gasteiger partial charge is 0.493 e. The molecule has 1 aromatic carbocycles. The summed E-state index contributed by atoms with van der Waals surface area (Å²) in [6.07, 6.45) is 0.601. The Morgan fingerprint density at radius 1 is 1.22 bits per heavy atom. The van der Waals surface area contributed by atoms with Crippen molar-refractivity contribution in [3.05, 3.63) is 36.0 Å². The molecule has 5 heteroatoms. The van der Waals surface area contributed by atoms with E-state index in [1.54, 1.807) is 12.1 Å². The van der Waals surface area contributed by atoms with Crippen molar-refractivity contribution in [3.8, 4) is 5.75 Å². The molecule has 0 aliphatic rings. The van der Waals surface area contributed by atoms with Crippen LogP contribution in [0.3, 0.4) is 0 Å². The van der Waals surface area contributed by atoms with E-state index in [0.717, 1.165) is 11.4 Å². The van der Waals surface area contributed by atoms with Gasteiger partial charge in [0.05, 0.1) is 13.0 Å². The molecule has 0 saturated heterocycles. The van der Waals surface area contributed by atoms with Crippen molar-refractivity contribution in [2.45, 2.75) is 26.2 Å². The monoisotopic (exact) mass is 247 g/mol. The minimum Gasteiger partial charge on any atom is -0.493 e. The second-order valence-electron chi connectivity index (χ2n) is 4.36. The third-order valence-corrected chi connectivity index (χ3v) is 2.44. The van der Waals surface area contributed by atoms with Crippen LogP contribution in [0.15, 0.2) is 28.7 Å². The number of hydrogen-bond acceptors (Lipinski definition) is 5. The van der Waals surface area contributed by atoms with Gasteiger partial charge in [0, 0.05) is 11.6 Å². The van der Waals surface area contributed by atoms with Gasteiger partial charge in [-0.3, -0.25) is 0 Å². The van der Waals surface area contributed by atoms with Crippen molar-refractivity contribution in [2.75, 3.05) is 12.3 Å². The van der Waals surface area contributed by atoms with Gasteiger partial charge >= 0.3 is 0 Å². The Bertz CT molecular complexity index is 491. The summed E-state index contributed by atoms with van der Waals surface area (Å²) in [7, 11) is 0. The maximum atomic E-state index is 5.59. The van der Waals surface area contributed by atoms with Crippen molar-refractivity contribution in [2.24, 2.45) is 0 Å². The van der Waals surface area contributed by atoms with Gasteiger partial charge < -0.3 is 14.9 Å². The minimum atomic E-state index is 0.254. The summed E-state index contributed by atoms with van der Waals surface area (Å²) in [4.78, 5) is 0. The molecule has 5 nitrogen and oxygen atoms in total. The Morgan fingerprint density at radius 3 is 2.56 bits per heavy atom. The van der Waals surface area contributed by atoms with Crippen LogP contribution >= 0.6 is 0 Å². The zero-order valence-electron chi connectivity index (χ0n) is 10.6. The molecule has 96 valence electrons. The standard InChI is InChI=1S/C13H17N3O2/c1-9(2)13-16-15-12(18-13)7-8-17-11-5-3-10(14)4-6-11/h3-6,9H,7-8,14H2,1-2H3. The number of rotatable bonds is 5. The lowest BCUT2D eigenvalue weighted by Gasteiger charge is -2.04. The highest BCUT2D eigenvalue weighted by Gasteiger charge is 2.09. The average molecular weight is 247 g/mol. The fourth-order valence-electron chi connectivity index (χ4n) is 1.42. The van der Waals surface area contributed by atoms with E-state index in [1.165, 1.54) is 0 Å². The van der Waals surface area contributed by atoms with Crippen molar-refractivity contribution < 1.29 is 9.15 Å². The van der Waals surface area contributed by atoms with Crippen LogP contribution in [0.5, 0.6) is 5.75 Å². The molecule has 0 atom stereocenters. The Labute approximate surface area is 106 Å². The Morgan fingerprint density at radius 2 is 1.94 bits per heavy atom. The number of anilines is 1. The first-order valence-electron chi connectivity index (χ1n) is 5.96. The fraction of sp³-hybridized carbons (Fsp3) is 0.385. The summed E-state index contributed by atoms with van der Waals surface area (Å²) < 4.78 is 11.0. The van der Waals surface area contributed by atoms with Gasteiger partial charge in [-0.1, -0.05) is 13.8 Å². The molecule has 1 heterocycles. The summed E-state index contributed by atoms with van der Waals surface area (Å²) in [6, 6.07) is 7.28. The van der Waals surface area contributed by atoms with Gasteiger partial charge in [-0.05, 0) is 24.3 Å². The second kappa shape index (κ2) is 5.53. The fourth-order valence-corrected chi connectivity index (χ4v) is 1.42. The Hall–Kier alpha value is -2.04. The number of ether oxygens (including phenoxy) is 1. The Kier molecular flexibility index (Phi) is 3.82. The quantitative estimate of drug-likeness (QED) is 0.821. The second-order valence-corrected chi connectivity index (χ2v) is 4.36. The van der Waals surface area contributed by atoms with Gasteiger partial charge in [-0.15, -0.1) is 10.2 Å². The number of benzene rings is 1. The predicted molar refractivity (Wildman–Crippen MR) is 68.4 cm³/mol. The van der Waals surface area contributed by atoms with Crippen molar-refractivity contribution >= 4 is 5.69 Å². The highest BCUT2D eigenvalue weighted by Crippen LogP contribution is 2.14. The van der Waals surface area contributed by atoms with Crippen molar-refractivity contribution in [3.63, 3.8) is 0 Å². The van der Waals surface area contributed by atoms with Crippen molar-refractivity contribution in [1.29, 1.82) is 0 Å². The van der Waals surface area contributed by atoms with Gasteiger partial charge in [0.1, 0.15) is 5.75 Å². The molecule has 2 rings (SSSR count). The lowest BCUT2D eigenvalue weighted by Crippen LogP contribution is -2.01. The molecule has 0 radical (unpaired) electrons. The maximum absolute atomic E-state index is 5.59. The Balaban J connectivity index is 1.82. The minimum absolute atomic E-state index is 0.254. The van der Waals surface area contributed by atoms with Gasteiger partial charge in [0.25, 0.3) is 0 Å². The molecular weight excluding hydrogens is 230 g/mol. The third-order valence-electron chi connectivity index (χ3n) is 2.44. The molecule has 1 aromatic heterocycles. The maximum Gasteiger partial charge on any atom is 0.219 e. The average Bonchev–Trinajstić information content (AvgIpc) is 2.81. The van der Waals surface area contributed by atoms with Crippen LogP contribution in [0.4, 0.5) is 5.69 Å². The molecule has 0 bridgehead atoms. The molecule has 0 fully saturated rings. The number of nitrogens with zero attached hydrogens (tertiary/aromatic N) is 2. The first-order chi connectivity index (χ1) is 8.65. The van der Waals surface area contributed by atoms with E-state index >= 15 is 0 Å². The van der Waals surface area contributed by atoms with Crippen LogP contribution in [0.2, 0.25) is 0 Å². The molecule has 2 N–H and O–H groups in total. The normalized spacial score (nSPS) is 10.8. The molecule has 18 heavy (non-hydrogen) atoms. The van der Waals surface area contributed by atoms with Gasteiger partial charge in [0.15, 0.2) is 0 Å². The van der Waals surface area contributed by atoms with Gasteiger partial charge in [-0.2, -0.15) is 0 Å². The van der Waals surface area contributed by atoms with Gasteiger partial charge in [-0.25, -0.2) is 0 Å². The van der Waals surface area contributed by atoms with Crippen LogP contribution in [-0.2, 0) is 6.42 Å². The van der Waals surface area contributed by atoms with Gasteiger partial charge in [0.2, 0.25) is 11.8 Å². The SMILES string of the molecule is CC(C)c1nnc(CCOc2ccc(N)cc2)o1. The molecule has 0 aliphatic heterocycles. The van der Waals surface area contributed by atoms with E-state index < -0.39 is 0 Å². The highest BCUT2D eigenvalue weighted by atomic mass is 16.5. The number of aromatic nitrogens is 2. The van der Waals surface area contributed by atoms with E-state index in [1.807, 2.05) is 26.0 Å². The number of nitrogen functional groups attached to an aromatic ring is 1. The molecule has 0 saturated carbocycles. The topological polar surface area (TPSA) is 74.2 Å². The lowest BCUT2D eigenvalue weighted by atomic mass is 10.2. The first-order valence-corrected chi connectivity index (χ1v) is 5.96. The van der Waals surface area contributed by atoms with E-state index in [0.29, 0.717) is 24.8 Å². The van der Waals surface area contributed by atoms with Crippen LogP contribution in [0, 0.1) is 0 Å².